The quantitative estimate of drug-likeness (QED) is 0.552. The highest BCUT2D eigenvalue weighted by Gasteiger charge is 2.29. The number of anilines is 1. The number of carbonyl (C=O) groups is 1. The molecule has 0 bridgehead atoms. The van der Waals surface area contributed by atoms with E-state index in [0.29, 0.717) is 37.5 Å². The van der Waals surface area contributed by atoms with Gasteiger partial charge in [0.05, 0.1) is 4.90 Å². The third-order valence-corrected chi connectivity index (χ3v) is 7.17. The number of ketones is 1. The number of benzene rings is 1. The zero-order valence-electron chi connectivity index (χ0n) is 17.0. The summed E-state index contributed by atoms with van der Waals surface area (Å²) >= 11 is 0. The molecule has 1 aromatic carbocycles. The van der Waals surface area contributed by atoms with Gasteiger partial charge in [0.2, 0.25) is 10.0 Å². The van der Waals surface area contributed by atoms with Crippen molar-refractivity contribution in [3.05, 3.63) is 47.9 Å². The standard InChI is InChI=1S/C20H24N6O3S/c1-3-4-17-13-19(26-20(23-17)21-14-22-26)24-9-11-25(12-10-24)30(28,29)18-7-5-16(6-8-18)15(2)27/h5-8,13-14H,3-4,9-12H2,1-2H3. The first-order valence-electron chi connectivity index (χ1n) is 9.96. The minimum Gasteiger partial charge on any atom is -0.354 e. The fourth-order valence-electron chi connectivity index (χ4n) is 3.62. The molecule has 4 rings (SSSR count). The lowest BCUT2D eigenvalue weighted by molar-refractivity contribution is 0.101. The smallest absolute Gasteiger partial charge is 0.254 e. The van der Waals surface area contributed by atoms with Crippen molar-refractivity contribution in [2.24, 2.45) is 0 Å². The van der Waals surface area contributed by atoms with Crippen molar-refractivity contribution < 1.29 is 13.2 Å². The molecular weight excluding hydrogens is 404 g/mol. The van der Waals surface area contributed by atoms with E-state index in [1.807, 2.05) is 6.07 Å². The maximum Gasteiger partial charge on any atom is 0.254 e. The number of Topliss-reactive ketones (excluding diaryl/α,β-unsaturated/α-hetero) is 1. The zero-order valence-corrected chi connectivity index (χ0v) is 17.8. The molecule has 2 aromatic heterocycles. The molecule has 3 aromatic rings. The summed E-state index contributed by atoms with van der Waals surface area (Å²) in [7, 11) is -3.61. The molecule has 0 amide bonds. The summed E-state index contributed by atoms with van der Waals surface area (Å²) in [5.74, 6) is 1.34. The molecule has 1 saturated heterocycles. The minimum atomic E-state index is -3.61. The Balaban J connectivity index is 1.53. The summed E-state index contributed by atoms with van der Waals surface area (Å²) < 4.78 is 29.2. The maximum absolute atomic E-state index is 13.0. The highest BCUT2D eigenvalue weighted by Crippen LogP contribution is 2.22. The number of aryl methyl sites for hydroxylation is 1. The molecule has 0 unspecified atom stereocenters. The highest BCUT2D eigenvalue weighted by molar-refractivity contribution is 7.89. The van der Waals surface area contributed by atoms with E-state index in [0.717, 1.165) is 24.4 Å². The Morgan fingerprint density at radius 1 is 1.10 bits per heavy atom. The summed E-state index contributed by atoms with van der Waals surface area (Å²) in [5, 5.41) is 4.27. The van der Waals surface area contributed by atoms with Crippen LogP contribution >= 0.6 is 0 Å². The Labute approximate surface area is 175 Å². The summed E-state index contributed by atoms with van der Waals surface area (Å²) in [6.45, 7) is 5.35. The third-order valence-electron chi connectivity index (χ3n) is 5.25. The largest absolute Gasteiger partial charge is 0.354 e. The van der Waals surface area contributed by atoms with E-state index < -0.39 is 10.0 Å². The highest BCUT2D eigenvalue weighted by atomic mass is 32.2. The lowest BCUT2D eigenvalue weighted by Gasteiger charge is -2.35. The van der Waals surface area contributed by atoms with E-state index in [2.05, 4.69) is 26.9 Å². The predicted molar refractivity (Wildman–Crippen MR) is 112 cm³/mol. The topological polar surface area (TPSA) is 101 Å². The van der Waals surface area contributed by atoms with Crippen molar-refractivity contribution in [2.75, 3.05) is 31.1 Å². The van der Waals surface area contributed by atoms with Crippen molar-refractivity contribution in [1.82, 2.24) is 23.9 Å². The van der Waals surface area contributed by atoms with E-state index in [9.17, 15) is 13.2 Å². The molecule has 1 aliphatic heterocycles. The first kappa shape index (κ1) is 20.4. The summed E-state index contributed by atoms with van der Waals surface area (Å²) in [6.07, 6.45) is 3.30. The average Bonchev–Trinajstić information content (AvgIpc) is 3.22. The van der Waals surface area contributed by atoms with Crippen molar-refractivity contribution >= 4 is 27.4 Å². The fourth-order valence-corrected chi connectivity index (χ4v) is 5.04. The fraction of sp³-hybridized carbons (Fsp3) is 0.400. The van der Waals surface area contributed by atoms with Crippen LogP contribution in [0.3, 0.4) is 0 Å². The van der Waals surface area contributed by atoms with E-state index in [4.69, 9.17) is 0 Å². The average molecular weight is 429 g/mol. The Morgan fingerprint density at radius 2 is 1.80 bits per heavy atom. The SMILES string of the molecule is CCCc1cc(N2CCN(S(=O)(=O)c3ccc(C(C)=O)cc3)CC2)n2ncnc2n1. The molecular formula is C20H24N6O3S. The van der Waals surface area contributed by atoms with Gasteiger partial charge in [0.1, 0.15) is 12.1 Å². The Hall–Kier alpha value is -2.85. The minimum absolute atomic E-state index is 0.0909. The van der Waals surface area contributed by atoms with Gasteiger partial charge < -0.3 is 4.90 Å². The molecule has 158 valence electrons. The number of rotatable bonds is 6. The van der Waals surface area contributed by atoms with Crippen LogP contribution in [0.15, 0.2) is 41.6 Å². The summed E-state index contributed by atoms with van der Waals surface area (Å²) in [6, 6.07) is 8.11. The molecule has 3 heterocycles. The summed E-state index contributed by atoms with van der Waals surface area (Å²) in [5.41, 5.74) is 1.45. The lowest BCUT2D eigenvalue weighted by Crippen LogP contribution is -2.49. The van der Waals surface area contributed by atoms with Crippen molar-refractivity contribution in [1.29, 1.82) is 0 Å². The van der Waals surface area contributed by atoms with Crippen molar-refractivity contribution in [2.45, 2.75) is 31.6 Å². The number of carbonyl (C=O) groups excluding carboxylic acids is 1. The Bertz CT molecular complexity index is 1160. The van der Waals surface area contributed by atoms with Crippen LogP contribution in [0.25, 0.3) is 5.78 Å². The van der Waals surface area contributed by atoms with Gasteiger partial charge >= 0.3 is 0 Å². The molecule has 0 aliphatic carbocycles. The van der Waals surface area contributed by atoms with E-state index in [-0.39, 0.29) is 10.7 Å². The Morgan fingerprint density at radius 3 is 2.43 bits per heavy atom. The second-order valence-corrected chi connectivity index (χ2v) is 9.24. The van der Waals surface area contributed by atoms with Crippen LogP contribution < -0.4 is 4.90 Å². The second kappa shape index (κ2) is 8.11. The van der Waals surface area contributed by atoms with Crippen LogP contribution in [0, 0.1) is 0 Å². The van der Waals surface area contributed by atoms with Gasteiger partial charge in [0.25, 0.3) is 5.78 Å². The molecule has 0 radical (unpaired) electrons. The first-order chi connectivity index (χ1) is 14.4. The van der Waals surface area contributed by atoms with Gasteiger partial charge in [-0.05, 0) is 25.5 Å². The number of fused-ring (bicyclic) bond motifs is 1. The van der Waals surface area contributed by atoms with Crippen molar-refractivity contribution in [3.63, 3.8) is 0 Å². The maximum atomic E-state index is 13.0. The molecule has 0 atom stereocenters. The first-order valence-corrected chi connectivity index (χ1v) is 11.4. The van der Waals surface area contributed by atoms with Crippen LogP contribution in [-0.4, -0.2) is 64.3 Å². The number of nitrogens with zero attached hydrogens (tertiary/aromatic N) is 6. The number of piperazine rings is 1. The molecule has 1 aliphatic rings. The Kier molecular flexibility index (Phi) is 5.52. The predicted octanol–water partition coefficient (Wildman–Crippen LogP) is 1.79. The molecule has 9 nitrogen and oxygen atoms in total. The number of sulfonamides is 1. The number of aromatic nitrogens is 4. The molecule has 10 heteroatoms. The van der Waals surface area contributed by atoms with Crippen LogP contribution in [0.4, 0.5) is 5.82 Å². The third kappa shape index (κ3) is 3.80. The molecule has 0 saturated carbocycles. The molecule has 30 heavy (non-hydrogen) atoms. The van der Waals surface area contributed by atoms with Gasteiger partial charge in [-0.2, -0.15) is 18.9 Å². The molecule has 0 N–H and O–H groups in total. The number of hydrogen-bond acceptors (Lipinski definition) is 7. The summed E-state index contributed by atoms with van der Waals surface area (Å²) in [4.78, 5) is 22.5. The van der Waals surface area contributed by atoms with Gasteiger partial charge in [-0.25, -0.2) is 13.4 Å². The lowest BCUT2D eigenvalue weighted by atomic mass is 10.2. The van der Waals surface area contributed by atoms with Gasteiger partial charge in [0.15, 0.2) is 5.78 Å². The van der Waals surface area contributed by atoms with Crippen LogP contribution in [-0.2, 0) is 16.4 Å². The number of hydrogen-bond donors (Lipinski definition) is 0. The second-order valence-electron chi connectivity index (χ2n) is 7.30. The van der Waals surface area contributed by atoms with Crippen LogP contribution in [0.2, 0.25) is 0 Å². The van der Waals surface area contributed by atoms with Crippen molar-refractivity contribution in [3.8, 4) is 0 Å². The monoisotopic (exact) mass is 428 g/mol. The van der Waals surface area contributed by atoms with Gasteiger partial charge in [-0.1, -0.05) is 25.5 Å². The van der Waals surface area contributed by atoms with E-state index in [1.165, 1.54) is 29.7 Å². The molecule has 1 fully saturated rings. The van der Waals surface area contributed by atoms with Gasteiger partial charge in [-0.3, -0.25) is 4.79 Å². The van der Waals surface area contributed by atoms with E-state index >= 15 is 0 Å². The molecule has 0 spiro atoms. The van der Waals surface area contributed by atoms with Crippen LogP contribution in [0.1, 0.15) is 36.3 Å². The van der Waals surface area contributed by atoms with Crippen LogP contribution in [0.5, 0.6) is 0 Å². The zero-order chi connectivity index (χ0) is 21.3. The van der Waals surface area contributed by atoms with Gasteiger partial charge in [-0.15, -0.1) is 0 Å². The normalized spacial score (nSPS) is 15.6. The van der Waals surface area contributed by atoms with Gasteiger partial charge in [0, 0.05) is 43.5 Å². The van der Waals surface area contributed by atoms with E-state index in [1.54, 1.807) is 16.6 Å².